The van der Waals surface area contributed by atoms with Crippen LogP contribution in [0.4, 0.5) is 0 Å². The van der Waals surface area contributed by atoms with Gasteiger partial charge in [0.15, 0.2) is 5.01 Å². The van der Waals surface area contributed by atoms with E-state index in [0.29, 0.717) is 12.3 Å². The van der Waals surface area contributed by atoms with Gasteiger partial charge in [0.2, 0.25) is 0 Å². The molecule has 0 fully saturated rings. The van der Waals surface area contributed by atoms with Crippen LogP contribution in [0.2, 0.25) is 0 Å². The second-order valence-corrected chi connectivity index (χ2v) is 7.98. The fraction of sp³-hybridized carbons (Fsp3) is 0.227. The third-order valence-corrected chi connectivity index (χ3v) is 6.41. The molecule has 0 saturated carbocycles. The van der Waals surface area contributed by atoms with Gasteiger partial charge in [0, 0.05) is 0 Å². The number of aromatic hydroxyl groups is 1. The standard InChI is InChI=1S/C22H22N2O2S/c1-14(22-23-19-6-4-5-7-21(19)27-22)24(2)13-18-17-12-16(26-3)10-8-15(17)9-11-20(18)25/h4-12,14,25H,13H2,1-3H3/p+1/t14-/m1/s1. The van der Waals surface area contributed by atoms with Crippen molar-refractivity contribution in [3.05, 3.63) is 65.2 Å². The lowest BCUT2D eigenvalue weighted by Gasteiger charge is -2.21. The Balaban J connectivity index is 1.67. The topological polar surface area (TPSA) is 46.8 Å². The zero-order valence-electron chi connectivity index (χ0n) is 15.7. The Morgan fingerprint density at radius 3 is 2.70 bits per heavy atom. The zero-order chi connectivity index (χ0) is 19.0. The normalized spacial score (nSPS) is 13.7. The first-order valence-electron chi connectivity index (χ1n) is 9.03. The van der Waals surface area contributed by atoms with Gasteiger partial charge in [0.25, 0.3) is 0 Å². The van der Waals surface area contributed by atoms with Crippen molar-refractivity contribution in [2.24, 2.45) is 0 Å². The summed E-state index contributed by atoms with van der Waals surface area (Å²) < 4.78 is 6.59. The van der Waals surface area contributed by atoms with Crippen molar-refractivity contribution in [1.82, 2.24) is 4.98 Å². The zero-order valence-corrected chi connectivity index (χ0v) is 16.5. The van der Waals surface area contributed by atoms with Gasteiger partial charge in [0.1, 0.15) is 24.1 Å². The minimum Gasteiger partial charge on any atom is -0.507 e. The maximum absolute atomic E-state index is 10.5. The Morgan fingerprint density at radius 2 is 1.93 bits per heavy atom. The van der Waals surface area contributed by atoms with E-state index < -0.39 is 0 Å². The molecule has 0 saturated heterocycles. The molecule has 0 aliphatic heterocycles. The highest BCUT2D eigenvalue weighted by Crippen LogP contribution is 2.30. The quantitative estimate of drug-likeness (QED) is 0.552. The molecule has 0 aliphatic rings. The fourth-order valence-electron chi connectivity index (χ4n) is 3.38. The molecule has 0 amide bonds. The number of thiazole rings is 1. The van der Waals surface area contributed by atoms with Gasteiger partial charge in [-0.1, -0.05) is 24.3 Å². The van der Waals surface area contributed by atoms with Crippen molar-refractivity contribution in [3.8, 4) is 11.5 Å². The second-order valence-electron chi connectivity index (χ2n) is 6.91. The molecule has 1 heterocycles. The number of benzene rings is 3. The molecule has 0 spiro atoms. The third kappa shape index (κ3) is 3.36. The van der Waals surface area contributed by atoms with E-state index in [1.54, 1.807) is 24.5 Å². The maximum atomic E-state index is 10.5. The van der Waals surface area contributed by atoms with Gasteiger partial charge in [0.05, 0.1) is 29.9 Å². The summed E-state index contributed by atoms with van der Waals surface area (Å²) in [4.78, 5) is 6.08. The minimum atomic E-state index is 0.225. The van der Waals surface area contributed by atoms with Gasteiger partial charge in [-0.2, -0.15) is 0 Å². The molecule has 0 aliphatic carbocycles. The van der Waals surface area contributed by atoms with E-state index in [9.17, 15) is 5.11 Å². The van der Waals surface area contributed by atoms with E-state index in [4.69, 9.17) is 9.72 Å². The average molecular weight is 380 g/mol. The molecular formula is C22H23N2O2S+. The van der Waals surface area contributed by atoms with Crippen LogP contribution in [0, 0.1) is 0 Å². The Kier molecular flexibility index (Phi) is 4.72. The molecule has 27 heavy (non-hydrogen) atoms. The first kappa shape index (κ1) is 17.8. The lowest BCUT2D eigenvalue weighted by molar-refractivity contribution is -0.923. The number of hydrogen-bond donors (Lipinski definition) is 2. The molecule has 138 valence electrons. The van der Waals surface area contributed by atoms with Crippen molar-refractivity contribution < 1.29 is 14.7 Å². The molecule has 4 aromatic rings. The van der Waals surface area contributed by atoms with Gasteiger partial charge >= 0.3 is 0 Å². The van der Waals surface area contributed by atoms with Crippen LogP contribution < -0.4 is 9.64 Å². The van der Waals surface area contributed by atoms with E-state index in [2.05, 4.69) is 26.1 Å². The molecule has 3 aromatic carbocycles. The van der Waals surface area contributed by atoms with Crippen LogP contribution in [0.15, 0.2) is 54.6 Å². The van der Waals surface area contributed by atoms with E-state index in [1.165, 1.54) is 9.60 Å². The van der Waals surface area contributed by atoms with Crippen molar-refractivity contribution in [3.63, 3.8) is 0 Å². The number of quaternary nitrogens is 1. The van der Waals surface area contributed by atoms with Crippen molar-refractivity contribution in [1.29, 1.82) is 0 Å². The summed E-state index contributed by atoms with van der Waals surface area (Å²) >= 11 is 1.74. The Morgan fingerprint density at radius 1 is 1.15 bits per heavy atom. The molecular weight excluding hydrogens is 356 g/mol. The second kappa shape index (κ2) is 7.18. The summed E-state index contributed by atoms with van der Waals surface area (Å²) in [5.41, 5.74) is 1.99. The summed E-state index contributed by atoms with van der Waals surface area (Å²) in [6, 6.07) is 18.2. The van der Waals surface area contributed by atoms with E-state index in [0.717, 1.165) is 32.6 Å². The lowest BCUT2D eigenvalue weighted by atomic mass is 10.0. The van der Waals surface area contributed by atoms with Crippen LogP contribution in [0.3, 0.4) is 0 Å². The van der Waals surface area contributed by atoms with Crippen LogP contribution in [-0.2, 0) is 6.54 Å². The number of nitrogens with one attached hydrogen (secondary N) is 1. The van der Waals surface area contributed by atoms with E-state index in [-0.39, 0.29) is 6.04 Å². The molecule has 4 nitrogen and oxygen atoms in total. The monoisotopic (exact) mass is 379 g/mol. The third-order valence-electron chi connectivity index (χ3n) is 5.19. The number of fused-ring (bicyclic) bond motifs is 2. The van der Waals surface area contributed by atoms with E-state index in [1.807, 2.05) is 36.4 Å². The van der Waals surface area contributed by atoms with Gasteiger partial charge in [-0.3, -0.25) is 0 Å². The summed E-state index contributed by atoms with van der Waals surface area (Å²) in [6.45, 7) is 2.89. The number of para-hydroxylation sites is 1. The highest BCUT2D eigenvalue weighted by Gasteiger charge is 2.22. The summed E-state index contributed by atoms with van der Waals surface area (Å²) in [5, 5.41) is 13.8. The number of ether oxygens (including phenoxy) is 1. The van der Waals surface area contributed by atoms with Crippen molar-refractivity contribution in [2.45, 2.75) is 19.5 Å². The molecule has 1 unspecified atom stereocenters. The van der Waals surface area contributed by atoms with Gasteiger partial charge in [-0.05, 0) is 48.0 Å². The highest BCUT2D eigenvalue weighted by atomic mass is 32.1. The number of phenolic OH excluding ortho intramolecular Hbond substituents is 1. The van der Waals surface area contributed by atoms with Crippen molar-refractivity contribution in [2.75, 3.05) is 14.2 Å². The molecule has 4 rings (SSSR count). The summed E-state index contributed by atoms with van der Waals surface area (Å²) in [6.07, 6.45) is 0. The SMILES string of the molecule is COc1ccc2ccc(O)c(C[NH+](C)[C@H](C)c3nc4ccccc4s3)c2c1. The number of phenols is 1. The number of aromatic nitrogens is 1. The van der Waals surface area contributed by atoms with E-state index >= 15 is 0 Å². The molecule has 1 aromatic heterocycles. The minimum absolute atomic E-state index is 0.225. The Hall–Kier alpha value is -2.63. The van der Waals surface area contributed by atoms with Crippen molar-refractivity contribution >= 4 is 32.3 Å². The predicted octanol–water partition coefficient (Wildman–Crippen LogP) is 3.94. The first-order valence-corrected chi connectivity index (χ1v) is 9.85. The van der Waals surface area contributed by atoms with Crippen LogP contribution in [-0.4, -0.2) is 24.2 Å². The average Bonchev–Trinajstić information content (AvgIpc) is 3.13. The van der Waals surface area contributed by atoms with Gasteiger partial charge in [-0.15, -0.1) is 11.3 Å². The van der Waals surface area contributed by atoms with Crippen LogP contribution in [0.1, 0.15) is 23.5 Å². The lowest BCUT2D eigenvalue weighted by Crippen LogP contribution is -3.07. The van der Waals surface area contributed by atoms with Crippen LogP contribution in [0.5, 0.6) is 11.5 Å². The molecule has 2 N–H and O–H groups in total. The summed E-state index contributed by atoms with van der Waals surface area (Å²) in [7, 11) is 3.81. The Labute approximate surface area is 162 Å². The van der Waals surface area contributed by atoms with Gasteiger partial charge in [-0.25, -0.2) is 4.98 Å². The predicted molar refractivity (Wildman–Crippen MR) is 111 cm³/mol. The van der Waals surface area contributed by atoms with Crippen LogP contribution in [0.25, 0.3) is 21.0 Å². The molecule has 5 heteroatoms. The summed E-state index contributed by atoms with van der Waals surface area (Å²) in [5.74, 6) is 1.12. The fourth-order valence-corrected chi connectivity index (χ4v) is 4.49. The molecule has 2 atom stereocenters. The maximum Gasteiger partial charge on any atom is 0.151 e. The first-order chi connectivity index (χ1) is 13.1. The number of methoxy groups -OCH3 is 1. The number of hydrogen-bond acceptors (Lipinski definition) is 4. The highest BCUT2D eigenvalue weighted by molar-refractivity contribution is 7.18. The largest absolute Gasteiger partial charge is 0.507 e. The van der Waals surface area contributed by atoms with Gasteiger partial charge < -0.3 is 14.7 Å². The molecule has 0 radical (unpaired) electrons. The molecule has 0 bridgehead atoms. The number of rotatable bonds is 5. The number of nitrogens with zero attached hydrogens (tertiary/aromatic N) is 1. The van der Waals surface area contributed by atoms with Crippen LogP contribution >= 0.6 is 11.3 Å². The smallest absolute Gasteiger partial charge is 0.151 e. The Bertz CT molecular complexity index is 1070.